The van der Waals surface area contributed by atoms with Gasteiger partial charge >= 0.3 is 12.1 Å². The highest BCUT2D eigenvalue weighted by atomic mass is 32.2. The van der Waals surface area contributed by atoms with E-state index in [1.807, 2.05) is 0 Å². The van der Waals surface area contributed by atoms with E-state index in [0.717, 1.165) is 19.3 Å². The molecule has 0 heterocycles. The van der Waals surface area contributed by atoms with Crippen molar-refractivity contribution in [1.82, 2.24) is 0 Å². The van der Waals surface area contributed by atoms with E-state index in [1.54, 1.807) is 0 Å². The zero-order valence-corrected chi connectivity index (χ0v) is 10.8. The van der Waals surface area contributed by atoms with Gasteiger partial charge in [-0.15, -0.1) is 0 Å². The Bertz CT molecular complexity index is 411. The molecule has 1 N–H and O–H groups in total. The van der Waals surface area contributed by atoms with Gasteiger partial charge in [-0.25, -0.2) is 0 Å². The molecule has 1 unspecified atom stereocenters. The first-order chi connectivity index (χ1) is 8.59. The number of carbonyl (C=O) groups excluding carboxylic acids is 1. The molecular weight excluding hydrogens is 289 g/mol. The minimum atomic E-state index is -5.03. The summed E-state index contributed by atoms with van der Waals surface area (Å²) in [6.45, 7) is 0. The maximum atomic E-state index is 12.5. The fraction of sp³-hybridized carbons (Fsp3) is 0.900. The number of rotatable bonds is 4. The SMILES string of the molecule is O=C(OC(CS(=O)(=O)O)C(F)(F)F)C1CCCCC1. The van der Waals surface area contributed by atoms with Crippen LogP contribution in [0.25, 0.3) is 0 Å². The zero-order chi connectivity index (χ0) is 14.7. The van der Waals surface area contributed by atoms with E-state index < -0.39 is 40.0 Å². The largest absolute Gasteiger partial charge is 0.451 e. The zero-order valence-electron chi connectivity index (χ0n) is 10.0. The second-order valence-corrected chi connectivity index (χ2v) is 6.05. The topological polar surface area (TPSA) is 80.7 Å². The standard InChI is InChI=1S/C10H15F3O5S/c11-10(12,13)8(6-19(15,16)17)18-9(14)7-4-2-1-3-5-7/h7-8H,1-6H2,(H,15,16,17). The molecule has 19 heavy (non-hydrogen) atoms. The van der Waals surface area contributed by atoms with Crippen molar-refractivity contribution < 1.29 is 35.7 Å². The number of ether oxygens (including phenoxy) is 1. The van der Waals surface area contributed by atoms with Crippen molar-refractivity contribution in [3.05, 3.63) is 0 Å². The molecule has 0 saturated heterocycles. The molecule has 9 heteroatoms. The van der Waals surface area contributed by atoms with E-state index in [0.29, 0.717) is 12.8 Å². The summed E-state index contributed by atoms with van der Waals surface area (Å²) in [6.07, 6.45) is -4.59. The first kappa shape index (κ1) is 16.2. The Labute approximate surface area is 108 Å². The van der Waals surface area contributed by atoms with Gasteiger partial charge in [0.15, 0.2) is 0 Å². The van der Waals surface area contributed by atoms with Gasteiger partial charge in [0, 0.05) is 0 Å². The molecule has 1 saturated carbocycles. The number of hydrogen-bond acceptors (Lipinski definition) is 4. The Kier molecular flexibility index (Phi) is 5.19. The van der Waals surface area contributed by atoms with Gasteiger partial charge in [-0.1, -0.05) is 19.3 Å². The second kappa shape index (κ2) is 6.08. The molecule has 0 aromatic rings. The first-order valence-electron chi connectivity index (χ1n) is 5.82. The van der Waals surface area contributed by atoms with Crippen LogP contribution < -0.4 is 0 Å². The summed E-state index contributed by atoms with van der Waals surface area (Å²) in [5.74, 6) is -3.35. The lowest BCUT2D eigenvalue weighted by Crippen LogP contribution is -2.41. The molecule has 1 atom stereocenters. The maximum Gasteiger partial charge on any atom is 0.426 e. The van der Waals surface area contributed by atoms with E-state index in [4.69, 9.17) is 4.55 Å². The van der Waals surface area contributed by atoms with Crippen molar-refractivity contribution in [3.8, 4) is 0 Å². The van der Waals surface area contributed by atoms with Crippen LogP contribution in [0, 0.1) is 5.92 Å². The van der Waals surface area contributed by atoms with Gasteiger partial charge in [-0.05, 0) is 12.8 Å². The van der Waals surface area contributed by atoms with Gasteiger partial charge in [0.05, 0.1) is 5.92 Å². The third kappa shape index (κ3) is 5.77. The fourth-order valence-corrected chi connectivity index (χ4v) is 2.60. The summed E-state index contributed by atoms with van der Waals surface area (Å²) >= 11 is 0. The molecule has 0 aliphatic heterocycles. The summed E-state index contributed by atoms with van der Waals surface area (Å²) in [5, 5.41) is 0. The maximum absolute atomic E-state index is 12.5. The van der Waals surface area contributed by atoms with E-state index in [1.165, 1.54) is 0 Å². The van der Waals surface area contributed by atoms with Crippen LogP contribution in [0.3, 0.4) is 0 Å². The van der Waals surface area contributed by atoms with Gasteiger partial charge < -0.3 is 4.74 Å². The number of carbonyl (C=O) groups is 1. The van der Waals surface area contributed by atoms with Gasteiger partial charge in [0.25, 0.3) is 10.1 Å². The summed E-state index contributed by atoms with van der Waals surface area (Å²) < 4.78 is 71.3. The molecule has 0 spiro atoms. The van der Waals surface area contributed by atoms with Gasteiger partial charge in [-0.2, -0.15) is 21.6 Å². The third-order valence-electron chi connectivity index (χ3n) is 2.92. The summed E-state index contributed by atoms with van der Waals surface area (Å²) in [4.78, 5) is 11.5. The van der Waals surface area contributed by atoms with E-state index in [2.05, 4.69) is 4.74 Å². The van der Waals surface area contributed by atoms with Gasteiger partial charge in [0.2, 0.25) is 6.10 Å². The molecule has 112 valence electrons. The van der Waals surface area contributed by atoms with Crippen LogP contribution >= 0.6 is 0 Å². The summed E-state index contributed by atoms with van der Waals surface area (Å²) in [5.41, 5.74) is 0. The van der Waals surface area contributed by atoms with E-state index in [-0.39, 0.29) is 0 Å². The monoisotopic (exact) mass is 304 g/mol. The second-order valence-electron chi connectivity index (χ2n) is 4.55. The Morgan fingerprint density at radius 1 is 1.26 bits per heavy atom. The minimum Gasteiger partial charge on any atom is -0.451 e. The molecule has 1 aliphatic rings. The predicted molar refractivity (Wildman–Crippen MR) is 58.9 cm³/mol. The Hall–Kier alpha value is -0.830. The molecule has 0 bridgehead atoms. The van der Waals surface area contributed by atoms with Crippen LogP contribution in [0.4, 0.5) is 13.2 Å². The van der Waals surface area contributed by atoms with Crippen LogP contribution in [-0.4, -0.2) is 37.0 Å². The molecule has 0 aromatic carbocycles. The van der Waals surface area contributed by atoms with Crippen LogP contribution in [-0.2, 0) is 19.6 Å². The first-order valence-corrected chi connectivity index (χ1v) is 7.43. The molecular formula is C10H15F3O5S. The van der Waals surface area contributed by atoms with Crippen LogP contribution in [0.15, 0.2) is 0 Å². The van der Waals surface area contributed by atoms with Gasteiger partial charge in [-0.3, -0.25) is 9.35 Å². The number of hydrogen-bond donors (Lipinski definition) is 1. The average Bonchev–Trinajstić information content (AvgIpc) is 2.26. The lowest BCUT2D eigenvalue weighted by molar-refractivity contribution is -0.218. The van der Waals surface area contributed by atoms with Crippen molar-refractivity contribution >= 4 is 16.1 Å². The molecule has 1 aliphatic carbocycles. The number of esters is 1. The van der Waals surface area contributed by atoms with E-state index >= 15 is 0 Å². The van der Waals surface area contributed by atoms with Crippen molar-refractivity contribution in [2.45, 2.75) is 44.4 Å². The Morgan fingerprint density at radius 2 is 1.79 bits per heavy atom. The summed E-state index contributed by atoms with van der Waals surface area (Å²) in [7, 11) is -4.88. The normalized spacial score (nSPS) is 20.0. The smallest absolute Gasteiger partial charge is 0.426 e. The van der Waals surface area contributed by atoms with Crippen molar-refractivity contribution in [2.24, 2.45) is 5.92 Å². The Balaban J connectivity index is 2.69. The highest BCUT2D eigenvalue weighted by Crippen LogP contribution is 2.29. The number of alkyl halides is 3. The highest BCUT2D eigenvalue weighted by Gasteiger charge is 2.46. The molecule has 1 fully saturated rings. The van der Waals surface area contributed by atoms with Crippen molar-refractivity contribution in [3.63, 3.8) is 0 Å². The molecule has 0 aromatic heterocycles. The number of halogens is 3. The highest BCUT2D eigenvalue weighted by molar-refractivity contribution is 7.85. The minimum absolute atomic E-state index is 0.440. The average molecular weight is 304 g/mol. The van der Waals surface area contributed by atoms with Crippen molar-refractivity contribution in [1.29, 1.82) is 0 Å². The lowest BCUT2D eigenvalue weighted by Gasteiger charge is -2.24. The quantitative estimate of drug-likeness (QED) is 0.634. The fourth-order valence-electron chi connectivity index (χ4n) is 1.96. The third-order valence-corrected chi connectivity index (χ3v) is 3.65. The van der Waals surface area contributed by atoms with Crippen LogP contribution in [0.1, 0.15) is 32.1 Å². The predicted octanol–water partition coefficient (Wildman–Crippen LogP) is 1.93. The molecule has 5 nitrogen and oxygen atoms in total. The van der Waals surface area contributed by atoms with Gasteiger partial charge in [0.1, 0.15) is 5.75 Å². The molecule has 0 radical (unpaired) electrons. The van der Waals surface area contributed by atoms with Crippen molar-refractivity contribution in [2.75, 3.05) is 5.75 Å². The van der Waals surface area contributed by atoms with Crippen LogP contribution in [0.2, 0.25) is 0 Å². The molecule has 1 rings (SSSR count). The van der Waals surface area contributed by atoms with E-state index in [9.17, 15) is 26.4 Å². The summed E-state index contributed by atoms with van der Waals surface area (Å²) in [6, 6.07) is 0. The molecule has 0 amide bonds. The van der Waals surface area contributed by atoms with Crippen LogP contribution in [0.5, 0.6) is 0 Å². The Morgan fingerprint density at radius 3 is 2.21 bits per heavy atom. The lowest BCUT2D eigenvalue weighted by atomic mass is 9.89.